The van der Waals surface area contributed by atoms with Crippen molar-refractivity contribution in [2.45, 2.75) is 19.3 Å². The number of piperidine rings is 1. The summed E-state index contributed by atoms with van der Waals surface area (Å²) in [6.07, 6.45) is 4.71. The van der Waals surface area contributed by atoms with Gasteiger partial charge >= 0.3 is 0 Å². The molecule has 4 rings (SSSR count). The molecule has 3 N–H and O–H groups in total. The number of rotatable bonds is 5. The maximum Gasteiger partial charge on any atom is 0.259 e. The highest BCUT2D eigenvalue weighted by atomic mass is 127. The van der Waals surface area contributed by atoms with Crippen molar-refractivity contribution in [3.8, 4) is 0 Å². The van der Waals surface area contributed by atoms with E-state index in [2.05, 4.69) is 15.6 Å². The minimum Gasteiger partial charge on any atom is -0.357 e. The fraction of sp³-hybridized carbons (Fsp3) is 0.200. The molecule has 2 amide bonds. The van der Waals surface area contributed by atoms with Gasteiger partial charge in [0.25, 0.3) is 11.8 Å². The molecule has 0 radical (unpaired) electrons. The standard InChI is InChI=1S/C25H22ClFIN5O2/c26-17-8-9-22(30-14-17)32-25(35)18-12-19(27)20(28)13-21(18)31-24(34)16-6-4-15(5-7-16)23(29)33-10-2-1-3-11-33/h4-9,12-14,29H,1-3,10-11H2,(H,31,34)(H,30,32,35). The summed E-state index contributed by atoms with van der Waals surface area (Å²) < 4.78 is 14.5. The predicted octanol–water partition coefficient (Wildman–Crippen LogP) is 5.79. The number of pyridine rings is 1. The van der Waals surface area contributed by atoms with E-state index in [1.54, 1.807) is 52.9 Å². The highest BCUT2D eigenvalue weighted by Gasteiger charge is 2.19. The molecule has 0 bridgehead atoms. The molecule has 1 saturated heterocycles. The number of amides is 2. The lowest BCUT2D eigenvalue weighted by atomic mass is 10.1. The first-order valence-electron chi connectivity index (χ1n) is 11.0. The minimum atomic E-state index is -0.629. The van der Waals surface area contributed by atoms with Crippen molar-refractivity contribution in [3.63, 3.8) is 0 Å². The third-order valence-corrected chi connectivity index (χ3v) is 6.67. The molecule has 35 heavy (non-hydrogen) atoms. The summed E-state index contributed by atoms with van der Waals surface area (Å²) in [4.78, 5) is 31.8. The molecule has 1 aliphatic heterocycles. The van der Waals surface area contributed by atoms with Gasteiger partial charge in [0.2, 0.25) is 0 Å². The fourth-order valence-electron chi connectivity index (χ4n) is 3.75. The largest absolute Gasteiger partial charge is 0.357 e. The van der Waals surface area contributed by atoms with Gasteiger partial charge in [-0.05, 0) is 78.3 Å². The number of likely N-dealkylation sites (tertiary alicyclic amines) is 1. The number of nitrogens with one attached hydrogen (secondary N) is 3. The van der Waals surface area contributed by atoms with Gasteiger partial charge in [-0.15, -0.1) is 0 Å². The SMILES string of the molecule is N=C(c1ccc(C(=O)Nc2cc(I)c(F)cc2C(=O)Nc2ccc(Cl)cn2)cc1)N1CCCCC1. The van der Waals surface area contributed by atoms with Crippen LogP contribution >= 0.6 is 34.2 Å². The van der Waals surface area contributed by atoms with E-state index in [1.165, 1.54) is 24.8 Å². The molecule has 1 aromatic heterocycles. The maximum atomic E-state index is 14.3. The van der Waals surface area contributed by atoms with Gasteiger partial charge in [-0.1, -0.05) is 23.7 Å². The molecule has 180 valence electrons. The van der Waals surface area contributed by atoms with Gasteiger partial charge < -0.3 is 15.5 Å². The van der Waals surface area contributed by atoms with Crippen LogP contribution in [-0.2, 0) is 0 Å². The zero-order chi connectivity index (χ0) is 24.9. The van der Waals surface area contributed by atoms with Crippen LogP contribution in [0.25, 0.3) is 0 Å². The third kappa shape index (κ3) is 6.15. The molecule has 3 aromatic rings. The van der Waals surface area contributed by atoms with Gasteiger partial charge in [-0.25, -0.2) is 9.37 Å². The van der Waals surface area contributed by atoms with Crippen molar-refractivity contribution in [2.24, 2.45) is 0 Å². The number of nitrogens with zero attached hydrogens (tertiary/aromatic N) is 2. The van der Waals surface area contributed by atoms with Crippen LogP contribution in [0.4, 0.5) is 15.9 Å². The zero-order valence-electron chi connectivity index (χ0n) is 18.6. The van der Waals surface area contributed by atoms with E-state index in [1.807, 2.05) is 4.90 Å². The summed E-state index contributed by atoms with van der Waals surface area (Å²) >= 11 is 7.62. The van der Waals surface area contributed by atoms with Crippen LogP contribution in [0.1, 0.15) is 45.5 Å². The Hall–Kier alpha value is -3.05. The Morgan fingerprint density at radius 2 is 1.66 bits per heavy atom. The van der Waals surface area contributed by atoms with Crippen molar-refractivity contribution in [1.82, 2.24) is 9.88 Å². The summed E-state index contributed by atoms with van der Waals surface area (Å²) in [5.41, 5.74) is 1.20. The molecule has 10 heteroatoms. The third-order valence-electron chi connectivity index (χ3n) is 5.62. The van der Waals surface area contributed by atoms with E-state index in [9.17, 15) is 14.0 Å². The van der Waals surface area contributed by atoms with Gasteiger partial charge in [-0.2, -0.15) is 0 Å². The number of carbonyl (C=O) groups excluding carboxylic acids is 2. The molecule has 1 fully saturated rings. The number of halogens is 3. The first kappa shape index (κ1) is 25.1. The number of amidine groups is 1. The summed E-state index contributed by atoms with van der Waals surface area (Å²) in [5, 5.41) is 14.1. The number of hydrogen-bond acceptors (Lipinski definition) is 4. The van der Waals surface area contributed by atoms with Crippen molar-refractivity contribution in [1.29, 1.82) is 5.41 Å². The molecule has 0 unspecified atom stereocenters. The van der Waals surface area contributed by atoms with Crippen molar-refractivity contribution in [2.75, 3.05) is 23.7 Å². The number of benzene rings is 2. The fourth-order valence-corrected chi connectivity index (χ4v) is 4.32. The molecular weight excluding hydrogens is 584 g/mol. The summed E-state index contributed by atoms with van der Waals surface area (Å²) in [6.45, 7) is 1.72. The van der Waals surface area contributed by atoms with E-state index in [4.69, 9.17) is 17.0 Å². The van der Waals surface area contributed by atoms with Gasteiger partial charge in [0.1, 0.15) is 17.5 Å². The Balaban J connectivity index is 1.51. The number of aromatic nitrogens is 1. The Morgan fingerprint density at radius 3 is 2.31 bits per heavy atom. The van der Waals surface area contributed by atoms with Crippen LogP contribution < -0.4 is 10.6 Å². The topological polar surface area (TPSA) is 98.2 Å². The second-order valence-electron chi connectivity index (χ2n) is 8.06. The minimum absolute atomic E-state index is 0.0449. The van der Waals surface area contributed by atoms with Gasteiger partial charge in [-0.3, -0.25) is 15.0 Å². The van der Waals surface area contributed by atoms with Gasteiger partial charge in [0.15, 0.2) is 0 Å². The first-order valence-corrected chi connectivity index (χ1v) is 12.4. The van der Waals surface area contributed by atoms with Crippen LogP contribution in [0.3, 0.4) is 0 Å². The quantitative estimate of drug-likeness (QED) is 0.195. The molecule has 2 aromatic carbocycles. The smallest absolute Gasteiger partial charge is 0.259 e. The molecule has 0 saturated carbocycles. The molecule has 7 nitrogen and oxygen atoms in total. The van der Waals surface area contributed by atoms with E-state index < -0.39 is 17.6 Å². The van der Waals surface area contributed by atoms with Crippen LogP contribution in [-0.4, -0.2) is 40.6 Å². The van der Waals surface area contributed by atoms with Crippen molar-refractivity contribution >= 4 is 63.3 Å². The van der Waals surface area contributed by atoms with Gasteiger partial charge in [0, 0.05) is 30.4 Å². The number of carbonyl (C=O) groups is 2. The molecule has 2 heterocycles. The predicted molar refractivity (Wildman–Crippen MR) is 143 cm³/mol. The van der Waals surface area contributed by atoms with E-state index in [0.717, 1.165) is 37.6 Å². The Bertz CT molecular complexity index is 1260. The average molecular weight is 606 g/mol. The molecule has 0 atom stereocenters. The van der Waals surface area contributed by atoms with E-state index in [0.29, 0.717) is 16.4 Å². The van der Waals surface area contributed by atoms with Crippen molar-refractivity contribution in [3.05, 3.63) is 85.8 Å². The second-order valence-corrected chi connectivity index (χ2v) is 9.65. The zero-order valence-corrected chi connectivity index (χ0v) is 21.5. The number of anilines is 2. The highest BCUT2D eigenvalue weighted by Crippen LogP contribution is 2.24. The van der Waals surface area contributed by atoms with Gasteiger partial charge in [0.05, 0.1) is 19.8 Å². The monoisotopic (exact) mass is 605 g/mol. The molecular formula is C25H22ClFIN5O2. The van der Waals surface area contributed by atoms with E-state index in [-0.39, 0.29) is 20.6 Å². The second kappa shape index (κ2) is 11.1. The maximum absolute atomic E-state index is 14.3. The Kier molecular flexibility index (Phi) is 7.97. The van der Waals surface area contributed by atoms with Crippen LogP contribution in [0.2, 0.25) is 5.02 Å². The average Bonchev–Trinajstić information content (AvgIpc) is 2.87. The van der Waals surface area contributed by atoms with Crippen molar-refractivity contribution < 1.29 is 14.0 Å². The van der Waals surface area contributed by atoms with Crippen LogP contribution in [0.15, 0.2) is 54.7 Å². The lowest BCUT2D eigenvalue weighted by molar-refractivity contribution is 0.102. The number of hydrogen-bond donors (Lipinski definition) is 3. The van der Waals surface area contributed by atoms with Crippen LogP contribution in [0.5, 0.6) is 0 Å². The normalized spacial score (nSPS) is 13.3. The lowest BCUT2D eigenvalue weighted by Crippen LogP contribution is -2.35. The summed E-state index contributed by atoms with van der Waals surface area (Å²) in [6, 6.07) is 12.3. The molecule has 1 aliphatic rings. The van der Waals surface area contributed by atoms with E-state index >= 15 is 0 Å². The lowest BCUT2D eigenvalue weighted by Gasteiger charge is -2.29. The van der Waals surface area contributed by atoms with Crippen LogP contribution in [0, 0.1) is 14.8 Å². The first-order chi connectivity index (χ1) is 16.8. The molecule has 0 aliphatic carbocycles. The summed E-state index contributed by atoms with van der Waals surface area (Å²) in [5.74, 6) is -0.988. The molecule has 0 spiro atoms. The Labute approximate surface area is 220 Å². The highest BCUT2D eigenvalue weighted by molar-refractivity contribution is 14.1. The Morgan fingerprint density at radius 1 is 0.971 bits per heavy atom. The summed E-state index contributed by atoms with van der Waals surface area (Å²) in [7, 11) is 0.